The number of nitrogens with zero attached hydrogens (tertiary/aromatic N) is 1. The summed E-state index contributed by atoms with van der Waals surface area (Å²) in [6.45, 7) is 6.94. The summed E-state index contributed by atoms with van der Waals surface area (Å²) < 4.78 is 0. The first-order valence-electron chi connectivity index (χ1n) is 6.62. The maximum absolute atomic E-state index is 11.9. The van der Waals surface area contributed by atoms with Crippen molar-refractivity contribution in [3.05, 3.63) is 0 Å². The van der Waals surface area contributed by atoms with Crippen molar-refractivity contribution < 1.29 is 9.59 Å². The number of imide groups is 1. The highest BCUT2D eigenvalue weighted by Gasteiger charge is 2.38. The van der Waals surface area contributed by atoms with Gasteiger partial charge in [-0.3, -0.25) is 10.1 Å². The molecule has 96 valence electrons. The van der Waals surface area contributed by atoms with Crippen LogP contribution in [-0.4, -0.2) is 29.4 Å². The quantitative estimate of drug-likeness (QED) is 0.759. The first-order chi connectivity index (χ1) is 8.00. The number of amides is 3. The molecule has 1 N–H and O–H groups in total. The third-order valence-electron chi connectivity index (χ3n) is 4.47. The maximum atomic E-state index is 11.9. The van der Waals surface area contributed by atoms with Crippen molar-refractivity contribution in [3.63, 3.8) is 0 Å². The van der Waals surface area contributed by atoms with E-state index in [1.54, 1.807) is 0 Å². The summed E-state index contributed by atoms with van der Waals surface area (Å²) in [6.07, 6.45) is 3.50. The minimum Gasteiger partial charge on any atom is -0.320 e. The molecule has 2 fully saturated rings. The van der Waals surface area contributed by atoms with Crippen LogP contribution < -0.4 is 5.32 Å². The third-order valence-corrected chi connectivity index (χ3v) is 4.47. The number of rotatable bonds is 1. The van der Waals surface area contributed by atoms with E-state index in [4.69, 9.17) is 0 Å². The Bertz CT molecular complexity index is 329. The van der Waals surface area contributed by atoms with Crippen molar-refractivity contribution in [3.8, 4) is 0 Å². The lowest BCUT2D eigenvalue weighted by Crippen LogP contribution is -2.59. The highest BCUT2D eigenvalue weighted by atomic mass is 16.2. The highest BCUT2D eigenvalue weighted by molar-refractivity contribution is 5.97. The second-order valence-electron chi connectivity index (χ2n) is 5.68. The fourth-order valence-corrected chi connectivity index (χ4v) is 3.04. The van der Waals surface area contributed by atoms with Gasteiger partial charge >= 0.3 is 6.03 Å². The van der Waals surface area contributed by atoms with Crippen LogP contribution in [-0.2, 0) is 4.79 Å². The summed E-state index contributed by atoms with van der Waals surface area (Å²) in [7, 11) is 0. The molecule has 0 spiro atoms. The Morgan fingerprint density at radius 1 is 1.18 bits per heavy atom. The van der Waals surface area contributed by atoms with Gasteiger partial charge in [-0.25, -0.2) is 4.79 Å². The molecule has 1 saturated heterocycles. The Kier molecular flexibility index (Phi) is 3.40. The molecule has 3 amide bonds. The van der Waals surface area contributed by atoms with Gasteiger partial charge in [-0.1, -0.05) is 33.6 Å². The molecular weight excluding hydrogens is 216 g/mol. The average Bonchev–Trinajstić information content (AvgIpc) is 2.28. The monoisotopic (exact) mass is 238 g/mol. The van der Waals surface area contributed by atoms with Crippen molar-refractivity contribution in [2.24, 2.45) is 17.8 Å². The van der Waals surface area contributed by atoms with Crippen molar-refractivity contribution in [1.82, 2.24) is 10.2 Å². The van der Waals surface area contributed by atoms with Crippen LogP contribution in [0.15, 0.2) is 0 Å². The second-order valence-corrected chi connectivity index (χ2v) is 5.68. The maximum Gasteiger partial charge on any atom is 0.324 e. The van der Waals surface area contributed by atoms with E-state index in [0.29, 0.717) is 24.4 Å². The van der Waals surface area contributed by atoms with Gasteiger partial charge in [-0.15, -0.1) is 0 Å². The minimum absolute atomic E-state index is 0.0860. The van der Waals surface area contributed by atoms with Crippen LogP contribution in [0.4, 0.5) is 4.79 Å². The Labute approximate surface area is 103 Å². The lowest BCUT2D eigenvalue weighted by atomic mass is 9.77. The minimum atomic E-state index is -0.195. The summed E-state index contributed by atoms with van der Waals surface area (Å²) >= 11 is 0. The van der Waals surface area contributed by atoms with Gasteiger partial charge in [0.15, 0.2) is 0 Å². The van der Waals surface area contributed by atoms with Crippen molar-refractivity contribution in [2.75, 3.05) is 6.54 Å². The molecule has 1 aliphatic carbocycles. The Balaban J connectivity index is 2.10. The van der Waals surface area contributed by atoms with Crippen LogP contribution in [0.1, 0.15) is 40.0 Å². The smallest absolute Gasteiger partial charge is 0.320 e. The molecule has 1 saturated carbocycles. The lowest BCUT2D eigenvalue weighted by molar-refractivity contribution is -0.126. The van der Waals surface area contributed by atoms with Crippen LogP contribution in [0.25, 0.3) is 0 Å². The predicted molar refractivity (Wildman–Crippen MR) is 65.4 cm³/mol. The van der Waals surface area contributed by atoms with Gasteiger partial charge in [-0.05, 0) is 18.3 Å². The normalized spacial score (nSPS) is 39.1. The number of carbonyl (C=O) groups excluding carboxylic acids is 2. The topological polar surface area (TPSA) is 49.4 Å². The molecule has 4 nitrogen and oxygen atoms in total. The van der Waals surface area contributed by atoms with E-state index in [2.05, 4.69) is 19.2 Å². The number of hydrogen-bond acceptors (Lipinski definition) is 2. The Morgan fingerprint density at radius 2 is 1.88 bits per heavy atom. The zero-order valence-electron chi connectivity index (χ0n) is 10.9. The van der Waals surface area contributed by atoms with Gasteiger partial charge in [-0.2, -0.15) is 0 Å². The zero-order chi connectivity index (χ0) is 12.6. The van der Waals surface area contributed by atoms with E-state index in [9.17, 15) is 9.59 Å². The van der Waals surface area contributed by atoms with Crippen molar-refractivity contribution in [2.45, 2.75) is 46.1 Å². The molecule has 4 unspecified atom stereocenters. The SMILES string of the molecule is CC1CN(C2CCCC(C)C2C)C(=O)NC1=O. The molecule has 17 heavy (non-hydrogen) atoms. The molecule has 0 aromatic carbocycles. The molecule has 0 bridgehead atoms. The number of hydrogen-bond donors (Lipinski definition) is 1. The van der Waals surface area contributed by atoms with E-state index in [1.165, 1.54) is 12.8 Å². The van der Waals surface area contributed by atoms with Gasteiger partial charge in [0, 0.05) is 12.6 Å². The van der Waals surface area contributed by atoms with E-state index in [-0.39, 0.29) is 17.9 Å². The number of nitrogens with one attached hydrogen (secondary N) is 1. The summed E-state index contributed by atoms with van der Waals surface area (Å²) in [4.78, 5) is 25.2. The van der Waals surface area contributed by atoms with Gasteiger partial charge in [0.25, 0.3) is 0 Å². The number of urea groups is 1. The van der Waals surface area contributed by atoms with E-state index >= 15 is 0 Å². The van der Waals surface area contributed by atoms with Crippen LogP contribution >= 0.6 is 0 Å². The molecule has 0 radical (unpaired) electrons. The standard InChI is InChI=1S/C13H22N2O2/c1-8-5-4-6-11(10(8)3)15-7-9(2)12(16)14-13(15)17/h8-11H,4-7H2,1-3H3,(H,14,16,17). The van der Waals surface area contributed by atoms with E-state index in [0.717, 1.165) is 6.42 Å². The fourth-order valence-electron chi connectivity index (χ4n) is 3.04. The molecule has 2 aliphatic rings. The molecule has 1 heterocycles. The summed E-state index contributed by atoms with van der Waals surface area (Å²) in [6, 6.07) is 0.105. The van der Waals surface area contributed by atoms with Gasteiger partial charge in [0.1, 0.15) is 0 Å². The van der Waals surface area contributed by atoms with E-state index < -0.39 is 0 Å². The van der Waals surface area contributed by atoms with Crippen molar-refractivity contribution >= 4 is 11.9 Å². The van der Waals surface area contributed by atoms with E-state index in [1.807, 2.05) is 11.8 Å². The summed E-state index contributed by atoms with van der Waals surface area (Å²) in [5.74, 6) is 0.962. The van der Waals surface area contributed by atoms with Gasteiger partial charge in [0.2, 0.25) is 5.91 Å². The van der Waals surface area contributed by atoms with Crippen LogP contribution in [0.5, 0.6) is 0 Å². The van der Waals surface area contributed by atoms with Gasteiger partial charge in [0.05, 0.1) is 5.92 Å². The molecule has 0 aromatic heterocycles. The average molecular weight is 238 g/mol. The summed E-state index contributed by atoms with van der Waals surface area (Å²) in [5, 5.41) is 2.46. The Morgan fingerprint density at radius 3 is 2.59 bits per heavy atom. The Hall–Kier alpha value is -1.06. The van der Waals surface area contributed by atoms with Crippen LogP contribution in [0, 0.1) is 17.8 Å². The van der Waals surface area contributed by atoms with Crippen LogP contribution in [0.2, 0.25) is 0 Å². The first-order valence-corrected chi connectivity index (χ1v) is 6.62. The fraction of sp³-hybridized carbons (Fsp3) is 0.846. The second kappa shape index (κ2) is 4.67. The van der Waals surface area contributed by atoms with Crippen LogP contribution in [0.3, 0.4) is 0 Å². The molecule has 4 atom stereocenters. The summed E-state index contributed by atoms with van der Waals surface area (Å²) in [5.41, 5.74) is 0. The molecular formula is C13H22N2O2. The third kappa shape index (κ3) is 2.31. The molecule has 0 aromatic rings. The largest absolute Gasteiger partial charge is 0.324 e. The van der Waals surface area contributed by atoms with Crippen molar-refractivity contribution in [1.29, 1.82) is 0 Å². The highest BCUT2D eigenvalue weighted by Crippen LogP contribution is 2.33. The first kappa shape index (κ1) is 12.4. The van der Waals surface area contributed by atoms with Gasteiger partial charge < -0.3 is 4.90 Å². The lowest BCUT2D eigenvalue weighted by Gasteiger charge is -2.44. The number of carbonyl (C=O) groups is 2. The zero-order valence-corrected chi connectivity index (χ0v) is 10.9. The molecule has 1 aliphatic heterocycles. The molecule has 2 rings (SSSR count). The molecule has 4 heteroatoms. The predicted octanol–water partition coefficient (Wildman–Crippen LogP) is 2.00.